The number of aromatic nitrogens is 2. The van der Waals surface area contributed by atoms with Gasteiger partial charge in [0, 0.05) is 43.9 Å². The summed E-state index contributed by atoms with van der Waals surface area (Å²) in [7, 11) is 1.56. The van der Waals surface area contributed by atoms with Gasteiger partial charge in [0.05, 0.1) is 6.42 Å². The molecule has 3 heterocycles. The third kappa shape index (κ3) is 4.39. The molecule has 0 spiro atoms. The molecular weight excluding hydrogens is 404 g/mol. The van der Waals surface area contributed by atoms with Gasteiger partial charge in [-0.2, -0.15) is 0 Å². The average molecular weight is 437 g/mol. The fourth-order valence-electron chi connectivity index (χ4n) is 4.54. The first kappa shape index (κ1) is 22.4. The van der Waals surface area contributed by atoms with Gasteiger partial charge in [0.25, 0.3) is 5.91 Å². The van der Waals surface area contributed by atoms with Gasteiger partial charge in [0.2, 0.25) is 5.91 Å². The fourth-order valence-corrected chi connectivity index (χ4v) is 4.54. The van der Waals surface area contributed by atoms with Gasteiger partial charge in [-0.05, 0) is 45.6 Å². The molecule has 7 heteroatoms. The minimum atomic E-state index is -0.850. The molecule has 0 saturated carbocycles. The third-order valence-corrected chi connectivity index (χ3v) is 6.66. The Bertz CT molecular complexity index is 1010. The van der Waals surface area contributed by atoms with E-state index in [1.54, 1.807) is 25.9 Å². The summed E-state index contributed by atoms with van der Waals surface area (Å²) in [6, 6.07) is 10.2. The standard InChI is InChI=1S/C25H32N4O3/c1-17-20-15-21(30)29(14-12-18-9-6-5-7-10-18)23(20)27-22(26-17)19-11-8-13-28(16-19)24(31)25(2,3)32-4/h5-7,9-10,19H,8,11-16H2,1-4H3/t19-/m0/s1. The van der Waals surface area contributed by atoms with Gasteiger partial charge in [0.1, 0.15) is 17.2 Å². The van der Waals surface area contributed by atoms with E-state index in [0.29, 0.717) is 26.1 Å². The van der Waals surface area contributed by atoms with Crippen LogP contribution in [0.5, 0.6) is 0 Å². The highest BCUT2D eigenvalue weighted by Crippen LogP contribution is 2.33. The monoisotopic (exact) mass is 436 g/mol. The number of anilines is 1. The van der Waals surface area contributed by atoms with Crippen molar-refractivity contribution < 1.29 is 14.3 Å². The summed E-state index contributed by atoms with van der Waals surface area (Å²) in [5.41, 5.74) is 2.14. The molecule has 2 aromatic rings. The number of benzene rings is 1. The number of piperidine rings is 1. The van der Waals surface area contributed by atoms with Crippen molar-refractivity contribution in [3.05, 3.63) is 53.0 Å². The second-order valence-electron chi connectivity index (χ2n) is 9.23. The van der Waals surface area contributed by atoms with Crippen molar-refractivity contribution >= 4 is 17.6 Å². The Morgan fingerprint density at radius 1 is 1.22 bits per heavy atom. The van der Waals surface area contributed by atoms with Crippen molar-refractivity contribution in [2.45, 2.75) is 58.0 Å². The van der Waals surface area contributed by atoms with E-state index in [2.05, 4.69) is 12.1 Å². The molecule has 2 aliphatic rings. The van der Waals surface area contributed by atoms with E-state index in [9.17, 15) is 9.59 Å². The summed E-state index contributed by atoms with van der Waals surface area (Å²) in [6.07, 6.45) is 2.95. The molecule has 7 nitrogen and oxygen atoms in total. The second-order valence-corrected chi connectivity index (χ2v) is 9.23. The number of aryl methyl sites for hydroxylation is 1. The maximum atomic E-state index is 12.9. The molecular formula is C25H32N4O3. The number of methoxy groups -OCH3 is 1. The maximum Gasteiger partial charge on any atom is 0.254 e. The largest absolute Gasteiger partial charge is 0.369 e. The van der Waals surface area contributed by atoms with E-state index in [1.807, 2.05) is 30.0 Å². The molecule has 2 aliphatic heterocycles. The number of hydrogen-bond acceptors (Lipinski definition) is 5. The molecule has 0 radical (unpaired) electrons. The Balaban J connectivity index is 1.55. The third-order valence-electron chi connectivity index (χ3n) is 6.66. The van der Waals surface area contributed by atoms with Crippen LogP contribution in [0.1, 0.15) is 55.3 Å². The van der Waals surface area contributed by atoms with E-state index in [1.165, 1.54) is 5.56 Å². The van der Waals surface area contributed by atoms with Crippen molar-refractivity contribution in [3.8, 4) is 0 Å². The Kier molecular flexibility index (Phi) is 6.29. The number of amides is 2. The zero-order chi connectivity index (χ0) is 22.9. The molecule has 1 fully saturated rings. The fraction of sp³-hybridized carbons (Fsp3) is 0.520. The van der Waals surface area contributed by atoms with Crippen LogP contribution < -0.4 is 4.90 Å². The second kappa shape index (κ2) is 8.98. The Hall–Kier alpha value is -2.80. The summed E-state index contributed by atoms with van der Waals surface area (Å²) in [5, 5.41) is 0. The van der Waals surface area contributed by atoms with Crippen molar-refractivity contribution in [2.24, 2.45) is 0 Å². The van der Waals surface area contributed by atoms with Gasteiger partial charge in [-0.3, -0.25) is 14.5 Å². The number of carbonyl (C=O) groups excluding carboxylic acids is 2. The lowest BCUT2D eigenvalue weighted by atomic mass is 9.95. The molecule has 1 atom stereocenters. The lowest BCUT2D eigenvalue weighted by molar-refractivity contribution is -0.152. The zero-order valence-corrected chi connectivity index (χ0v) is 19.4. The highest BCUT2D eigenvalue weighted by atomic mass is 16.5. The van der Waals surface area contributed by atoms with E-state index in [0.717, 1.165) is 42.2 Å². The number of likely N-dealkylation sites (tertiary alicyclic amines) is 1. The lowest BCUT2D eigenvalue weighted by Crippen LogP contribution is -2.49. The SMILES string of the molecule is COC(C)(C)C(=O)N1CCC[C@H](c2nc(C)c3c(n2)N(CCc2ccccc2)C(=O)C3)C1. The Morgan fingerprint density at radius 3 is 2.69 bits per heavy atom. The van der Waals surface area contributed by atoms with Crippen LogP contribution in [-0.4, -0.2) is 59.0 Å². The number of rotatable bonds is 6. The number of nitrogens with zero attached hydrogens (tertiary/aromatic N) is 4. The summed E-state index contributed by atoms with van der Waals surface area (Å²) in [5.74, 6) is 1.59. The van der Waals surface area contributed by atoms with E-state index in [-0.39, 0.29) is 17.7 Å². The minimum absolute atomic E-state index is 0.0118. The van der Waals surface area contributed by atoms with E-state index in [4.69, 9.17) is 14.7 Å². The Labute approximate surface area is 189 Å². The van der Waals surface area contributed by atoms with Crippen LogP contribution in [0.4, 0.5) is 5.82 Å². The zero-order valence-electron chi connectivity index (χ0n) is 19.4. The molecule has 0 aliphatic carbocycles. The molecule has 0 unspecified atom stereocenters. The van der Waals surface area contributed by atoms with Crippen molar-refractivity contribution in [3.63, 3.8) is 0 Å². The lowest BCUT2D eigenvalue weighted by Gasteiger charge is -2.36. The molecule has 1 saturated heterocycles. The molecule has 0 N–H and O–H groups in total. The van der Waals surface area contributed by atoms with Crippen LogP contribution >= 0.6 is 0 Å². The van der Waals surface area contributed by atoms with Gasteiger partial charge in [-0.15, -0.1) is 0 Å². The smallest absolute Gasteiger partial charge is 0.254 e. The highest BCUT2D eigenvalue weighted by Gasteiger charge is 2.37. The molecule has 32 heavy (non-hydrogen) atoms. The van der Waals surface area contributed by atoms with Gasteiger partial charge >= 0.3 is 0 Å². The van der Waals surface area contributed by atoms with Crippen LogP contribution in [0.3, 0.4) is 0 Å². The first-order chi connectivity index (χ1) is 15.3. The molecule has 1 aromatic carbocycles. The molecule has 0 bridgehead atoms. The topological polar surface area (TPSA) is 75.6 Å². The number of carbonyl (C=O) groups is 2. The van der Waals surface area contributed by atoms with Crippen molar-refractivity contribution in [1.82, 2.24) is 14.9 Å². The van der Waals surface area contributed by atoms with Crippen LogP contribution in [0.2, 0.25) is 0 Å². The van der Waals surface area contributed by atoms with Crippen LogP contribution in [-0.2, 0) is 27.2 Å². The molecule has 2 amide bonds. The van der Waals surface area contributed by atoms with Crippen LogP contribution in [0, 0.1) is 6.92 Å². The van der Waals surface area contributed by atoms with Gasteiger partial charge in [0.15, 0.2) is 0 Å². The van der Waals surface area contributed by atoms with E-state index >= 15 is 0 Å². The predicted octanol–water partition coefficient (Wildman–Crippen LogP) is 3.05. The predicted molar refractivity (Wildman–Crippen MR) is 123 cm³/mol. The molecule has 4 rings (SSSR count). The normalized spacial score (nSPS) is 18.8. The van der Waals surface area contributed by atoms with Crippen LogP contribution in [0.15, 0.2) is 30.3 Å². The average Bonchev–Trinajstić information content (AvgIpc) is 3.13. The quantitative estimate of drug-likeness (QED) is 0.696. The first-order valence-electron chi connectivity index (χ1n) is 11.4. The van der Waals surface area contributed by atoms with Crippen LogP contribution in [0.25, 0.3) is 0 Å². The molecule has 1 aromatic heterocycles. The highest BCUT2D eigenvalue weighted by molar-refractivity contribution is 6.00. The van der Waals surface area contributed by atoms with Gasteiger partial charge in [-0.25, -0.2) is 9.97 Å². The summed E-state index contributed by atoms with van der Waals surface area (Å²) in [4.78, 5) is 39.0. The number of hydrogen-bond donors (Lipinski definition) is 0. The number of ether oxygens (including phenoxy) is 1. The molecule has 170 valence electrons. The number of fused-ring (bicyclic) bond motifs is 1. The van der Waals surface area contributed by atoms with Crippen molar-refractivity contribution in [2.75, 3.05) is 31.6 Å². The van der Waals surface area contributed by atoms with E-state index < -0.39 is 5.60 Å². The first-order valence-corrected chi connectivity index (χ1v) is 11.4. The summed E-state index contributed by atoms with van der Waals surface area (Å²) < 4.78 is 5.40. The minimum Gasteiger partial charge on any atom is -0.369 e. The van der Waals surface area contributed by atoms with Gasteiger partial charge < -0.3 is 9.64 Å². The maximum absolute atomic E-state index is 12.9. The van der Waals surface area contributed by atoms with Gasteiger partial charge in [-0.1, -0.05) is 30.3 Å². The van der Waals surface area contributed by atoms with Crippen molar-refractivity contribution in [1.29, 1.82) is 0 Å². The summed E-state index contributed by atoms with van der Waals surface area (Å²) >= 11 is 0. The summed E-state index contributed by atoms with van der Waals surface area (Å²) in [6.45, 7) is 7.44. The Morgan fingerprint density at radius 2 is 1.97 bits per heavy atom.